The van der Waals surface area contributed by atoms with Crippen molar-refractivity contribution >= 4 is 17.4 Å². The van der Waals surface area contributed by atoms with Gasteiger partial charge in [-0.2, -0.15) is 0 Å². The van der Waals surface area contributed by atoms with Crippen LogP contribution in [-0.2, 0) is 12.8 Å². The average Bonchev–Trinajstić information content (AvgIpc) is 2.62. The van der Waals surface area contributed by atoms with Crippen LogP contribution in [0.2, 0.25) is 0 Å². The zero-order chi connectivity index (χ0) is 10.1. The summed E-state index contributed by atoms with van der Waals surface area (Å²) in [5, 5.41) is -0.422. The molecule has 1 aliphatic rings. The number of aryl methyl sites for hydroxylation is 2. The molecule has 0 amide bonds. The molecule has 0 aliphatic heterocycles. The second-order valence-electron chi connectivity index (χ2n) is 3.82. The third kappa shape index (κ3) is 1.69. The molecule has 1 atom stereocenters. The van der Waals surface area contributed by atoms with E-state index >= 15 is 0 Å². The molecule has 1 unspecified atom stereocenters. The van der Waals surface area contributed by atoms with Crippen LogP contribution >= 0.6 is 11.6 Å². The molecular formula is C12H13ClO. The van der Waals surface area contributed by atoms with Gasteiger partial charge in [-0.3, -0.25) is 4.79 Å². The van der Waals surface area contributed by atoms with E-state index in [1.54, 1.807) is 6.92 Å². The van der Waals surface area contributed by atoms with Gasteiger partial charge in [-0.25, -0.2) is 0 Å². The van der Waals surface area contributed by atoms with Crippen LogP contribution in [0.15, 0.2) is 18.2 Å². The van der Waals surface area contributed by atoms with E-state index in [2.05, 4.69) is 6.07 Å². The van der Waals surface area contributed by atoms with E-state index in [1.807, 2.05) is 12.1 Å². The van der Waals surface area contributed by atoms with Crippen molar-refractivity contribution in [2.75, 3.05) is 0 Å². The van der Waals surface area contributed by atoms with Gasteiger partial charge in [-0.05, 0) is 43.4 Å². The van der Waals surface area contributed by atoms with Gasteiger partial charge < -0.3 is 0 Å². The van der Waals surface area contributed by atoms with Crippen LogP contribution in [0.4, 0.5) is 0 Å². The minimum absolute atomic E-state index is 0.0290. The Bertz CT molecular complexity index is 369. The van der Waals surface area contributed by atoms with Gasteiger partial charge in [0.1, 0.15) is 0 Å². The van der Waals surface area contributed by atoms with Crippen molar-refractivity contribution in [3.05, 3.63) is 34.9 Å². The third-order valence-electron chi connectivity index (χ3n) is 2.74. The SMILES string of the molecule is CC(Cl)C(=O)c1ccc2c(c1)CCC2. The second-order valence-corrected chi connectivity index (χ2v) is 4.47. The molecule has 2 heteroatoms. The average molecular weight is 209 g/mol. The van der Waals surface area contributed by atoms with E-state index < -0.39 is 5.38 Å². The van der Waals surface area contributed by atoms with Crippen LogP contribution in [0.3, 0.4) is 0 Å². The lowest BCUT2D eigenvalue weighted by Crippen LogP contribution is -2.10. The Balaban J connectivity index is 2.33. The van der Waals surface area contributed by atoms with Gasteiger partial charge in [-0.1, -0.05) is 12.1 Å². The van der Waals surface area contributed by atoms with Gasteiger partial charge >= 0.3 is 0 Å². The van der Waals surface area contributed by atoms with Gasteiger partial charge in [-0.15, -0.1) is 11.6 Å². The van der Waals surface area contributed by atoms with Crippen LogP contribution in [-0.4, -0.2) is 11.2 Å². The summed E-state index contributed by atoms with van der Waals surface area (Å²) in [4.78, 5) is 11.6. The van der Waals surface area contributed by atoms with Crippen LogP contribution in [0.5, 0.6) is 0 Å². The maximum Gasteiger partial charge on any atom is 0.180 e. The maximum absolute atomic E-state index is 11.6. The van der Waals surface area contributed by atoms with Crippen LogP contribution in [0.25, 0.3) is 0 Å². The number of fused-ring (bicyclic) bond motifs is 1. The number of carbonyl (C=O) groups excluding carboxylic acids is 1. The number of hydrogen-bond acceptors (Lipinski definition) is 1. The molecule has 0 spiro atoms. The lowest BCUT2D eigenvalue weighted by molar-refractivity contribution is 0.0991. The normalized spacial score (nSPS) is 16.4. The quantitative estimate of drug-likeness (QED) is 0.540. The highest BCUT2D eigenvalue weighted by Gasteiger charge is 2.16. The van der Waals surface area contributed by atoms with Crippen molar-refractivity contribution in [3.63, 3.8) is 0 Å². The Morgan fingerprint density at radius 1 is 1.36 bits per heavy atom. The molecule has 0 fully saturated rings. The standard InChI is InChI=1S/C12H13ClO/c1-8(13)12(14)11-6-5-9-3-2-4-10(9)7-11/h5-8H,2-4H2,1H3. The second kappa shape index (κ2) is 3.74. The summed E-state index contributed by atoms with van der Waals surface area (Å²) in [5.74, 6) is 0.0290. The number of carbonyl (C=O) groups is 1. The fourth-order valence-electron chi connectivity index (χ4n) is 1.95. The minimum atomic E-state index is -0.422. The highest BCUT2D eigenvalue weighted by Crippen LogP contribution is 2.23. The van der Waals surface area contributed by atoms with E-state index in [0.29, 0.717) is 0 Å². The summed E-state index contributed by atoms with van der Waals surface area (Å²) in [6.07, 6.45) is 3.47. The number of hydrogen-bond donors (Lipinski definition) is 0. The number of halogens is 1. The van der Waals surface area contributed by atoms with Crippen molar-refractivity contribution in [2.45, 2.75) is 31.6 Å². The van der Waals surface area contributed by atoms with Crippen LogP contribution in [0.1, 0.15) is 34.8 Å². The van der Waals surface area contributed by atoms with Crippen molar-refractivity contribution in [3.8, 4) is 0 Å². The topological polar surface area (TPSA) is 17.1 Å². The first-order valence-corrected chi connectivity index (χ1v) is 5.42. The first kappa shape index (κ1) is 9.72. The molecular weight excluding hydrogens is 196 g/mol. The lowest BCUT2D eigenvalue weighted by atomic mass is 10.0. The fraction of sp³-hybridized carbons (Fsp3) is 0.417. The maximum atomic E-state index is 11.6. The van der Waals surface area contributed by atoms with E-state index in [4.69, 9.17) is 11.6 Å². The van der Waals surface area contributed by atoms with E-state index in [9.17, 15) is 4.79 Å². The van der Waals surface area contributed by atoms with Crippen molar-refractivity contribution in [1.82, 2.24) is 0 Å². The molecule has 0 saturated carbocycles. The summed E-state index contributed by atoms with van der Waals surface area (Å²) in [6.45, 7) is 1.72. The van der Waals surface area contributed by atoms with Gasteiger partial charge in [0.15, 0.2) is 5.78 Å². The highest BCUT2D eigenvalue weighted by molar-refractivity contribution is 6.33. The highest BCUT2D eigenvalue weighted by atomic mass is 35.5. The van der Waals surface area contributed by atoms with Gasteiger partial charge in [0.2, 0.25) is 0 Å². The molecule has 14 heavy (non-hydrogen) atoms. The van der Waals surface area contributed by atoms with E-state index in [1.165, 1.54) is 17.5 Å². The number of Topliss-reactive ketones (excluding diaryl/α,β-unsaturated/α-hetero) is 1. The molecule has 1 aliphatic carbocycles. The third-order valence-corrected chi connectivity index (χ3v) is 2.94. The molecule has 1 aromatic carbocycles. The molecule has 0 saturated heterocycles. The molecule has 1 aromatic rings. The summed E-state index contributed by atoms with van der Waals surface area (Å²) >= 11 is 5.76. The monoisotopic (exact) mass is 208 g/mol. The van der Waals surface area contributed by atoms with Crippen LogP contribution < -0.4 is 0 Å². The Morgan fingerprint density at radius 3 is 2.79 bits per heavy atom. The molecule has 74 valence electrons. The largest absolute Gasteiger partial charge is 0.293 e. The molecule has 0 radical (unpaired) electrons. The number of benzene rings is 1. The van der Waals surface area contributed by atoms with Crippen molar-refractivity contribution in [1.29, 1.82) is 0 Å². The van der Waals surface area contributed by atoms with Gasteiger partial charge in [0.05, 0.1) is 5.38 Å². The summed E-state index contributed by atoms with van der Waals surface area (Å²) in [7, 11) is 0. The molecule has 1 nitrogen and oxygen atoms in total. The van der Waals surface area contributed by atoms with E-state index in [0.717, 1.165) is 18.4 Å². The van der Waals surface area contributed by atoms with E-state index in [-0.39, 0.29) is 5.78 Å². The summed E-state index contributed by atoms with van der Waals surface area (Å²) in [6, 6.07) is 5.96. The smallest absolute Gasteiger partial charge is 0.180 e. The minimum Gasteiger partial charge on any atom is -0.293 e. The van der Waals surface area contributed by atoms with Gasteiger partial charge in [0.25, 0.3) is 0 Å². The summed E-state index contributed by atoms with van der Waals surface area (Å²) in [5.41, 5.74) is 3.48. The number of rotatable bonds is 2. The fourth-order valence-corrected chi connectivity index (χ4v) is 2.08. The predicted octanol–water partition coefficient (Wildman–Crippen LogP) is 2.99. The number of alkyl halides is 1. The lowest BCUT2D eigenvalue weighted by Gasteiger charge is -2.05. The Hall–Kier alpha value is -0.820. The van der Waals surface area contributed by atoms with Crippen molar-refractivity contribution < 1.29 is 4.79 Å². The van der Waals surface area contributed by atoms with Crippen LogP contribution in [0, 0.1) is 0 Å². The predicted molar refractivity (Wildman–Crippen MR) is 58.1 cm³/mol. The molecule has 0 aromatic heterocycles. The molecule has 2 rings (SSSR count). The first-order chi connectivity index (χ1) is 6.68. The molecule has 0 heterocycles. The molecule has 0 bridgehead atoms. The summed E-state index contributed by atoms with van der Waals surface area (Å²) < 4.78 is 0. The Kier molecular flexibility index (Phi) is 2.60. The number of ketones is 1. The Labute approximate surface area is 89.1 Å². The van der Waals surface area contributed by atoms with Gasteiger partial charge in [0, 0.05) is 5.56 Å². The zero-order valence-corrected chi connectivity index (χ0v) is 8.97. The zero-order valence-electron chi connectivity index (χ0n) is 8.22. The molecule has 0 N–H and O–H groups in total. The first-order valence-electron chi connectivity index (χ1n) is 4.98. The Morgan fingerprint density at radius 2 is 2.07 bits per heavy atom. The van der Waals surface area contributed by atoms with Crippen molar-refractivity contribution in [2.24, 2.45) is 0 Å².